The van der Waals surface area contributed by atoms with Gasteiger partial charge in [-0.15, -0.1) is 0 Å². The molecule has 1 aromatic rings. The molecular formula is C20H26N2O5. The highest BCUT2D eigenvalue weighted by Crippen LogP contribution is 2.41. The van der Waals surface area contributed by atoms with E-state index in [-0.39, 0.29) is 30.1 Å². The number of hydrogen-bond acceptors (Lipinski definition) is 5. The number of piperidine rings is 2. The van der Waals surface area contributed by atoms with Crippen molar-refractivity contribution in [2.24, 2.45) is 5.41 Å². The molecule has 0 N–H and O–H groups in total. The lowest BCUT2D eigenvalue weighted by Gasteiger charge is -2.47. The van der Waals surface area contributed by atoms with Crippen LogP contribution in [0.4, 0.5) is 0 Å². The monoisotopic (exact) mass is 374 g/mol. The predicted molar refractivity (Wildman–Crippen MR) is 97.6 cm³/mol. The van der Waals surface area contributed by atoms with Crippen LogP contribution < -0.4 is 9.47 Å². The first kappa shape index (κ1) is 18.1. The molecule has 2 saturated heterocycles. The van der Waals surface area contributed by atoms with E-state index >= 15 is 0 Å². The normalized spacial score (nSPS) is 23.8. The number of likely N-dealkylation sites (tertiary alicyclic amines) is 2. The first-order chi connectivity index (χ1) is 13.0. The van der Waals surface area contributed by atoms with Crippen molar-refractivity contribution in [3.05, 3.63) is 23.8 Å². The number of ether oxygens (including phenoxy) is 3. The fourth-order valence-corrected chi connectivity index (χ4v) is 4.48. The summed E-state index contributed by atoms with van der Waals surface area (Å²) in [6.45, 7) is 2.09. The molecule has 1 atom stereocenters. The standard InChI is InChI=1S/C20H26N2O5/c1-21-12-15(25-2)11-20(19(21)24)5-7-22(8-6-20)18(23)10-14-3-4-16-17(9-14)27-13-26-16/h3-4,9,15H,5-8,10-13H2,1-2H3. The molecule has 7 nitrogen and oxygen atoms in total. The minimum absolute atomic E-state index is 0.0728. The van der Waals surface area contributed by atoms with Crippen LogP contribution in [0.2, 0.25) is 0 Å². The molecule has 0 saturated carbocycles. The topological polar surface area (TPSA) is 68.3 Å². The van der Waals surface area contributed by atoms with Crippen molar-refractivity contribution in [2.75, 3.05) is 40.6 Å². The minimum Gasteiger partial charge on any atom is -0.454 e. The van der Waals surface area contributed by atoms with E-state index in [9.17, 15) is 9.59 Å². The Morgan fingerprint density at radius 3 is 2.74 bits per heavy atom. The van der Waals surface area contributed by atoms with Gasteiger partial charge in [0.05, 0.1) is 17.9 Å². The third-order valence-electron chi connectivity index (χ3n) is 6.10. The van der Waals surface area contributed by atoms with Gasteiger partial charge in [-0.25, -0.2) is 0 Å². The lowest BCUT2D eigenvalue weighted by Crippen LogP contribution is -2.57. The fraction of sp³-hybridized carbons (Fsp3) is 0.600. The van der Waals surface area contributed by atoms with Crippen molar-refractivity contribution in [1.29, 1.82) is 0 Å². The molecule has 3 aliphatic heterocycles. The quantitative estimate of drug-likeness (QED) is 0.801. The summed E-state index contributed by atoms with van der Waals surface area (Å²) in [5, 5.41) is 0. The largest absolute Gasteiger partial charge is 0.454 e. The van der Waals surface area contributed by atoms with Gasteiger partial charge >= 0.3 is 0 Å². The number of amides is 2. The minimum atomic E-state index is -0.386. The zero-order valence-corrected chi connectivity index (χ0v) is 15.9. The van der Waals surface area contributed by atoms with Gasteiger partial charge in [-0.1, -0.05) is 6.07 Å². The van der Waals surface area contributed by atoms with Crippen molar-refractivity contribution in [1.82, 2.24) is 9.80 Å². The van der Waals surface area contributed by atoms with Crippen molar-refractivity contribution >= 4 is 11.8 Å². The highest BCUT2D eigenvalue weighted by Gasteiger charge is 2.48. The van der Waals surface area contributed by atoms with Gasteiger partial charge in [0.15, 0.2) is 11.5 Å². The van der Waals surface area contributed by atoms with Gasteiger partial charge < -0.3 is 24.0 Å². The number of nitrogens with zero attached hydrogens (tertiary/aromatic N) is 2. The van der Waals surface area contributed by atoms with E-state index in [1.54, 1.807) is 12.0 Å². The van der Waals surface area contributed by atoms with Crippen LogP contribution in [0.25, 0.3) is 0 Å². The second-order valence-electron chi connectivity index (χ2n) is 7.77. The van der Waals surface area contributed by atoms with Crippen LogP contribution in [-0.4, -0.2) is 68.3 Å². The predicted octanol–water partition coefficient (Wildman–Crippen LogP) is 1.44. The maximum atomic E-state index is 12.8. The summed E-state index contributed by atoms with van der Waals surface area (Å²) in [7, 11) is 3.54. The Morgan fingerprint density at radius 1 is 1.26 bits per heavy atom. The number of benzene rings is 1. The van der Waals surface area contributed by atoms with E-state index in [1.807, 2.05) is 30.1 Å². The van der Waals surface area contributed by atoms with Crippen LogP contribution in [0.1, 0.15) is 24.8 Å². The number of carbonyl (C=O) groups is 2. The second kappa shape index (κ2) is 7.03. The highest BCUT2D eigenvalue weighted by atomic mass is 16.7. The molecule has 4 rings (SSSR count). The number of methoxy groups -OCH3 is 1. The Labute approximate surface area is 159 Å². The molecule has 1 spiro atoms. The van der Waals surface area contributed by atoms with Crippen LogP contribution in [0.5, 0.6) is 11.5 Å². The molecule has 2 amide bonds. The smallest absolute Gasteiger partial charge is 0.231 e. The average molecular weight is 374 g/mol. The molecule has 2 fully saturated rings. The van der Waals surface area contributed by atoms with Gasteiger partial charge in [0, 0.05) is 33.8 Å². The van der Waals surface area contributed by atoms with Crippen LogP contribution in [0, 0.1) is 5.41 Å². The molecule has 1 unspecified atom stereocenters. The Balaban J connectivity index is 1.38. The summed E-state index contributed by atoms with van der Waals surface area (Å²) in [5.41, 5.74) is 0.529. The van der Waals surface area contributed by atoms with Gasteiger partial charge in [-0.05, 0) is 37.0 Å². The van der Waals surface area contributed by atoms with Crippen molar-refractivity contribution in [3.63, 3.8) is 0 Å². The maximum Gasteiger partial charge on any atom is 0.231 e. The zero-order valence-electron chi connectivity index (χ0n) is 15.9. The second-order valence-corrected chi connectivity index (χ2v) is 7.77. The van der Waals surface area contributed by atoms with E-state index in [4.69, 9.17) is 14.2 Å². The summed E-state index contributed by atoms with van der Waals surface area (Å²) < 4.78 is 16.2. The molecule has 3 aliphatic rings. The average Bonchev–Trinajstić information content (AvgIpc) is 3.14. The van der Waals surface area contributed by atoms with Crippen molar-refractivity contribution in [3.8, 4) is 11.5 Å². The van der Waals surface area contributed by atoms with Gasteiger partial charge in [-0.3, -0.25) is 9.59 Å². The summed E-state index contributed by atoms with van der Waals surface area (Å²) in [6.07, 6.45) is 2.55. The maximum absolute atomic E-state index is 12.8. The first-order valence-corrected chi connectivity index (χ1v) is 9.45. The molecule has 3 heterocycles. The molecule has 0 bridgehead atoms. The van der Waals surface area contributed by atoms with Crippen LogP contribution in [0.15, 0.2) is 18.2 Å². The number of likely N-dealkylation sites (N-methyl/N-ethyl adjacent to an activating group) is 1. The summed E-state index contributed by atoms with van der Waals surface area (Å²) in [5.74, 6) is 1.69. The third kappa shape index (κ3) is 3.36. The lowest BCUT2D eigenvalue weighted by molar-refractivity contribution is -0.158. The van der Waals surface area contributed by atoms with E-state index in [0.29, 0.717) is 44.6 Å². The molecule has 0 aliphatic carbocycles. The van der Waals surface area contributed by atoms with Gasteiger partial charge in [0.25, 0.3) is 0 Å². The van der Waals surface area contributed by atoms with E-state index in [1.165, 1.54) is 0 Å². The number of carbonyl (C=O) groups excluding carboxylic acids is 2. The summed E-state index contributed by atoms with van der Waals surface area (Å²) in [4.78, 5) is 29.2. The molecular weight excluding hydrogens is 348 g/mol. The highest BCUT2D eigenvalue weighted by molar-refractivity contribution is 5.84. The Morgan fingerprint density at radius 2 is 2.00 bits per heavy atom. The van der Waals surface area contributed by atoms with Gasteiger partial charge in [0.1, 0.15) is 0 Å². The fourth-order valence-electron chi connectivity index (χ4n) is 4.48. The van der Waals surface area contributed by atoms with Crippen LogP contribution in [0.3, 0.4) is 0 Å². The Bertz CT molecular complexity index is 742. The number of fused-ring (bicyclic) bond motifs is 1. The van der Waals surface area contributed by atoms with Crippen molar-refractivity contribution < 1.29 is 23.8 Å². The van der Waals surface area contributed by atoms with Crippen LogP contribution in [-0.2, 0) is 20.7 Å². The number of hydrogen-bond donors (Lipinski definition) is 0. The molecule has 1 aromatic carbocycles. The molecule has 0 aromatic heterocycles. The van der Waals surface area contributed by atoms with Crippen LogP contribution >= 0.6 is 0 Å². The van der Waals surface area contributed by atoms with E-state index < -0.39 is 0 Å². The van der Waals surface area contributed by atoms with E-state index in [0.717, 1.165) is 17.7 Å². The molecule has 7 heteroatoms. The SMILES string of the molecule is COC1CN(C)C(=O)C2(CCN(C(=O)Cc3ccc4c(c3)OCO4)CC2)C1. The van der Waals surface area contributed by atoms with Gasteiger partial charge in [0.2, 0.25) is 18.6 Å². The molecule has 0 radical (unpaired) electrons. The van der Waals surface area contributed by atoms with Crippen molar-refractivity contribution in [2.45, 2.75) is 31.8 Å². The Kier molecular flexibility index (Phi) is 4.72. The lowest BCUT2D eigenvalue weighted by atomic mass is 9.71. The van der Waals surface area contributed by atoms with E-state index in [2.05, 4.69) is 0 Å². The number of rotatable bonds is 3. The molecule has 27 heavy (non-hydrogen) atoms. The Hall–Kier alpha value is -2.28. The zero-order chi connectivity index (χ0) is 19.0. The molecule has 146 valence electrons. The summed E-state index contributed by atoms with van der Waals surface area (Å²) in [6, 6.07) is 5.62. The van der Waals surface area contributed by atoms with Gasteiger partial charge in [-0.2, -0.15) is 0 Å². The summed E-state index contributed by atoms with van der Waals surface area (Å²) >= 11 is 0. The third-order valence-corrected chi connectivity index (χ3v) is 6.10. The first-order valence-electron chi connectivity index (χ1n) is 9.45.